The van der Waals surface area contributed by atoms with Crippen LogP contribution in [0.15, 0.2) is 27.7 Å². The van der Waals surface area contributed by atoms with Gasteiger partial charge in [0.05, 0.1) is 15.4 Å². The van der Waals surface area contributed by atoms with Gasteiger partial charge in [-0.1, -0.05) is 0 Å². The van der Waals surface area contributed by atoms with E-state index in [0.717, 1.165) is 0 Å². The fourth-order valence-electron chi connectivity index (χ4n) is 1.36. The van der Waals surface area contributed by atoms with Crippen LogP contribution in [0.5, 0.6) is 0 Å². The molecule has 0 bridgehead atoms. The van der Waals surface area contributed by atoms with Gasteiger partial charge in [-0.2, -0.15) is 0 Å². The highest BCUT2D eigenvalue weighted by molar-refractivity contribution is 9.10. The van der Waals surface area contributed by atoms with E-state index in [1.54, 1.807) is 19.3 Å². The molecule has 2 aromatic heterocycles. The molecule has 0 saturated carbocycles. The van der Waals surface area contributed by atoms with Crippen molar-refractivity contribution in [3.05, 3.63) is 33.3 Å². The molecule has 0 saturated heterocycles. The highest BCUT2D eigenvalue weighted by Gasteiger charge is 2.10. The summed E-state index contributed by atoms with van der Waals surface area (Å²) >= 11 is 3.36. The Bertz CT molecular complexity index is 548. The van der Waals surface area contributed by atoms with Crippen molar-refractivity contribution in [1.82, 2.24) is 8.54 Å². The fourth-order valence-corrected chi connectivity index (χ4v) is 2.56. The van der Waals surface area contributed by atoms with E-state index in [9.17, 15) is 8.68 Å². The zero-order valence-electron chi connectivity index (χ0n) is 7.20. The van der Waals surface area contributed by atoms with Crippen LogP contribution in [0.2, 0.25) is 0 Å². The first-order chi connectivity index (χ1) is 6.65. The molecule has 0 unspecified atom stereocenters. The fraction of sp³-hybridized carbons (Fsp3) is 0.125. The van der Waals surface area contributed by atoms with E-state index in [1.165, 1.54) is 14.7 Å². The largest absolute Gasteiger partial charge is 0.317 e. The maximum atomic E-state index is 12.5. The van der Waals surface area contributed by atoms with Crippen LogP contribution in [0.4, 0.5) is 3.89 Å². The van der Waals surface area contributed by atoms with Crippen molar-refractivity contribution in [1.29, 1.82) is 0 Å². The van der Waals surface area contributed by atoms with E-state index < -0.39 is 0 Å². The molecule has 0 aliphatic carbocycles. The van der Waals surface area contributed by atoms with Crippen molar-refractivity contribution in [2.45, 2.75) is 0 Å². The number of pyridine rings is 1. The molecule has 0 radical (unpaired) electrons. The number of rotatable bonds is 1. The molecule has 3 nitrogen and oxygen atoms in total. The predicted octanol–water partition coefficient (Wildman–Crippen LogP) is 2.48. The minimum Gasteiger partial charge on any atom is -0.317 e. The maximum Gasteiger partial charge on any atom is 0.259 e. The molecule has 0 aliphatic heterocycles. The van der Waals surface area contributed by atoms with Crippen LogP contribution in [0.3, 0.4) is 0 Å². The summed E-state index contributed by atoms with van der Waals surface area (Å²) in [4.78, 5) is 11.6. The van der Waals surface area contributed by atoms with E-state index in [1.807, 2.05) is 0 Å². The Kier molecular flexibility index (Phi) is 2.40. The lowest BCUT2D eigenvalue weighted by atomic mass is 10.3. The van der Waals surface area contributed by atoms with Crippen LogP contribution in [0.1, 0.15) is 0 Å². The molecule has 0 aromatic carbocycles. The monoisotopic (exact) mass is 276 g/mol. The van der Waals surface area contributed by atoms with Crippen LogP contribution < -0.4 is 5.56 Å². The number of hydrogen-bond donors (Lipinski definition) is 0. The van der Waals surface area contributed by atoms with Crippen LogP contribution in [-0.4, -0.2) is 8.54 Å². The number of halogens is 2. The molecule has 0 atom stereocenters. The summed E-state index contributed by atoms with van der Waals surface area (Å²) in [5.74, 6) is 0. The van der Waals surface area contributed by atoms with Crippen molar-refractivity contribution in [3.63, 3.8) is 0 Å². The summed E-state index contributed by atoms with van der Waals surface area (Å²) in [7, 11) is 1.66. The van der Waals surface area contributed by atoms with E-state index in [2.05, 4.69) is 15.9 Å². The first-order valence-electron chi connectivity index (χ1n) is 3.80. The van der Waals surface area contributed by atoms with Gasteiger partial charge in [0.1, 0.15) is 0 Å². The second-order valence-corrected chi connectivity index (χ2v) is 4.25. The highest BCUT2D eigenvalue weighted by atomic mass is 79.9. The molecule has 14 heavy (non-hydrogen) atoms. The molecule has 2 heterocycles. The second kappa shape index (κ2) is 3.43. The number of aryl methyl sites for hydroxylation is 1. The summed E-state index contributed by atoms with van der Waals surface area (Å²) in [5, 5.41) is 0.507. The molecule has 6 heteroatoms. The predicted molar refractivity (Wildman–Crippen MR) is 59.0 cm³/mol. The number of hydrogen-bond acceptors (Lipinski definition) is 2. The number of fused-ring (bicyclic) bond motifs is 1. The molecule has 74 valence electrons. The van der Waals surface area contributed by atoms with Gasteiger partial charge in [-0.3, -0.25) is 8.77 Å². The summed E-state index contributed by atoms with van der Waals surface area (Å²) in [6.07, 6.45) is 3.15. The normalized spacial score (nSPS) is 11.1. The quantitative estimate of drug-likeness (QED) is 0.800. The highest BCUT2D eigenvalue weighted by Crippen LogP contribution is 2.25. The van der Waals surface area contributed by atoms with E-state index in [0.29, 0.717) is 15.4 Å². The molecule has 0 aliphatic rings. The Morgan fingerprint density at radius 3 is 2.93 bits per heavy atom. The first kappa shape index (κ1) is 9.79. The van der Waals surface area contributed by atoms with Gasteiger partial charge in [0.15, 0.2) is 12.3 Å². The summed E-state index contributed by atoms with van der Waals surface area (Å²) in [6.45, 7) is 0. The summed E-state index contributed by atoms with van der Waals surface area (Å²) < 4.78 is 15.9. The van der Waals surface area contributed by atoms with Crippen molar-refractivity contribution in [2.24, 2.45) is 7.05 Å². The smallest absolute Gasteiger partial charge is 0.259 e. The van der Waals surface area contributed by atoms with Crippen molar-refractivity contribution < 1.29 is 3.89 Å². The third-order valence-electron chi connectivity index (χ3n) is 2.01. The lowest BCUT2D eigenvalue weighted by Gasteiger charge is -2.02. The zero-order valence-corrected chi connectivity index (χ0v) is 9.60. The second-order valence-electron chi connectivity index (χ2n) is 2.87. The molecule has 0 fully saturated rings. The maximum absolute atomic E-state index is 12.5. The van der Waals surface area contributed by atoms with Crippen LogP contribution >= 0.6 is 28.3 Å². The lowest BCUT2D eigenvalue weighted by molar-refractivity contribution is 0.868. The molecular formula is C8H6BrFN2OS. The minimum atomic E-state index is -0.129. The number of aromatic nitrogens is 2. The van der Waals surface area contributed by atoms with Crippen molar-refractivity contribution >= 4 is 39.2 Å². The summed E-state index contributed by atoms with van der Waals surface area (Å²) in [6, 6.07) is 1.61. The Morgan fingerprint density at radius 2 is 2.29 bits per heavy atom. The molecule has 2 rings (SSSR count). The van der Waals surface area contributed by atoms with E-state index >= 15 is 0 Å². The van der Waals surface area contributed by atoms with Crippen LogP contribution in [0, 0.1) is 0 Å². The van der Waals surface area contributed by atoms with E-state index in [4.69, 9.17) is 0 Å². The van der Waals surface area contributed by atoms with Gasteiger partial charge in [0, 0.05) is 19.4 Å². The third-order valence-corrected chi connectivity index (χ3v) is 3.04. The van der Waals surface area contributed by atoms with Gasteiger partial charge in [0.25, 0.3) is 5.56 Å². The Labute approximate surface area is 92.1 Å². The van der Waals surface area contributed by atoms with Gasteiger partial charge < -0.3 is 4.57 Å². The molecular weight excluding hydrogens is 271 g/mol. The van der Waals surface area contributed by atoms with Gasteiger partial charge in [-0.25, -0.2) is 0 Å². The molecule has 0 amide bonds. The van der Waals surface area contributed by atoms with Gasteiger partial charge in [-0.05, 0) is 22.0 Å². The SMILES string of the molecule is Cn1cc(Br)c2c(ccn2SF)c1=O. The minimum absolute atomic E-state index is 0.0722. The first-order valence-corrected chi connectivity index (χ1v) is 5.27. The van der Waals surface area contributed by atoms with Crippen molar-refractivity contribution in [3.8, 4) is 0 Å². The Hall–Kier alpha value is -0.750. The average Bonchev–Trinajstić information content (AvgIpc) is 2.58. The Morgan fingerprint density at radius 1 is 1.57 bits per heavy atom. The molecule has 2 aromatic rings. The van der Waals surface area contributed by atoms with Crippen LogP contribution in [-0.2, 0) is 7.05 Å². The Balaban J connectivity index is 2.97. The number of nitrogens with zero attached hydrogens (tertiary/aromatic N) is 2. The lowest BCUT2D eigenvalue weighted by Crippen LogP contribution is -2.15. The standard InChI is InChI=1S/C8H6BrFN2OS/c1-11-4-6(9)7-5(8(11)13)2-3-12(7)14-10/h2-4H,1H3. The molecule has 0 N–H and O–H groups in total. The zero-order chi connectivity index (χ0) is 10.3. The average molecular weight is 277 g/mol. The third kappa shape index (κ3) is 1.29. The topological polar surface area (TPSA) is 26.9 Å². The van der Waals surface area contributed by atoms with Gasteiger partial charge in [-0.15, -0.1) is 3.89 Å². The van der Waals surface area contributed by atoms with Gasteiger partial charge >= 0.3 is 0 Å². The van der Waals surface area contributed by atoms with Crippen LogP contribution in [0.25, 0.3) is 10.9 Å². The van der Waals surface area contributed by atoms with Gasteiger partial charge in [0.2, 0.25) is 0 Å². The summed E-state index contributed by atoms with van der Waals surface area (Å²) in [5.41, 5.74) is 0.441. The van der Waals surface area contributed by atoms with Crippen molar-refractivity contribution in [2.75, 3.05) is 0 Å². The molecule has 0 spiro atoms. The van der Waals surface area contributed by atoms with E-state index in [-0.39, 0.29) is 17.9 Å².